The van der Waals surface area contributed by atoms with E-state index in [1.165, 1.54) is 18.2 Å². The normalized spacial score (nSPS) is 17.7. The molecule has 1 aromatic carbocycles. The fraction of sp³-hybridized carbons (Fsp3) is 0. The van der Waals surface area contributed by atoms with Crippen molar-refractivity contribution in [2.24, 2.45) is 0 Å². The third kappa shape index (κ3) is 1.96. The van der Waals surface area contributed by atoms with Gasteiger partial charge in [-0.1, -0.05) is 12.1 Å². The van der Waals surface area contributed by atoms with Crippen LogP contribution in [0, 0.1) is 0 Å². The van der Waals surface area contributed by atoms with Gasteiger partial charge < -0.3 is 10.4 Å². The minimum absolute atomic E-state index is 0.150. The van der Waals surface area contributed by atoms with Crippen molar-refractivity contribution in [1.82, 2.24) is 10.6 Å². The summed E-state index contributed by atoms with van der Waals surface area (Å²) in [5.41, 5.74) is 0.922. The van der Waals surface area contributed by atoms with E-state index in [9.17, 15) is 9.59 Å². The first-order valence-electron chi connectivity index (χ1n) is 4.28. The molecule has 15 heavy (non-hydrogen) atoms. The van der Waals surface area contributed by atoms with E-state index in [0.29, 0.717) is 0 Å². The molecule has 3 N–H and O–H groups in total. The number of urea groups is 1. The van der Waals surface area contributed by atoms with Gasteiger partial charge in [-0.2, -0.15) is 0 Å². The molecule has 0 aliphatic carbocycles. The minimum Gasteiger partial charge on any atom is -0.508 e. The van der Waals surface area contributed by atoms with E-state index >= 15 is 0 Å². The molecule has 5 nitrogen and oxygen atoms in total. The Bertz CT molecular complexity index is 448. The minimum atomic E-state index is -0.523. The Morgan fingerprint density at radius 3 is 2.27 bits per heavy atom. The molecule has 1 saturated heterocycles. The van der Waals surface area contributed by atoms with E-state index in [2.05, 4.69) is 10.6 Å². The van der Waals surface area contributed by atoms with Gasteiger partial charge in [0.1, 0.15) is 11.4 Å². The number of hydrogen-bond acceptors (Lipinski definition) is 3. The Kier molecular flexibility index (Phi) is 2.13. The summed E-state index contributed by atoms with van der Waals surface area (Å²) in [4.78, 5) is 21.9. The summed E-state index contributed by atoms with van der Waals surface area (Å²) >= 11 is 0. The molecule has 1 aromatic rings. The summed E-state index contributed by atoms with van der Waals surface area (Å²) in [6.07, 6.45) is 1.53. The van der Waals surface area contributed by atoms with Gasteiger partial charge in [-0.25, -0.2) is 4.79 Å². The monoisotopic (exact) mass is 204 g/mol. The third-order valence-corrected chi connectivity index (χ3v) is 1.92. The quantitative estimate of drug-likeness (QED) is 0.462. The van der Waals surface area contributed by atoms with E-state index in [-0.39, 0.29) is 11.4 Å². The molecule has 3 amide bonds. The van der Waals surface area contributed by atoms with E-state index in [1.54, 1.807) is 12.1 Å². The standard InChI is InChI=1S/C10H8N2O3/c13-7-3-1-6(2-4-7)5-8-9(14)12-10(15)11-8/h1-5,13H,(H2,11,12,14,15)/b8-5-. The molecule has 5 heteroatoms. The SMILES string of the molecule is O=C1NC(=O)/C(=C/c2ccc(O)cc2)N1. The van der Waals surface area contributed by atoms with Crippen LogP contribution >= 0.6 is 0 Å². The van der Waals surface area contributed by atoms with Crippen LogP contribution in [-0.2, 0) is 4.79 Å². The zero-order valence-electron chi connectivity index (χ0n) is 7.65. The van der Waals surface area contributed by atoms with Crippen LogP contribution in [0.5, 0.6) is 5.75 Å². The molecule has 76 valence electrons. The van der Waals surface area contributed by atoms with E-state index in [1.807, 2.05) is 0 Å². The number of amides is 3. The van der Waals surface area contributed by atoms with Crippen LogP contribution < -0.4 is 10.6 Å². The number of rotatable bonds is 1. The van der Waals surface area contributed by atoms with E-state index < -0.39 is 11.9 Å². The Morgan fingerprint density at radius 2 is 1.73 bits per heavy atom. The molecule has 0 spiro atoms. The van der Waals surface area contributed by atoms with Gasteiger partial charge in [0.25, 0.3) is 5.91 Å². The van der Waals surface area contributed by atoms with Crippen molar-refractivity contribution in [3.05, 3.63) is 35.5 Å². The molecule has 2 rings (SSSR count). The number of benzene rings is 1. The highest BCUT2D eigenvalue weighted by atomic mass is 16.3. The molecule has 0 unspecified atom stereocenters. The highest BCUT2D eigenvalue weighted by Crippen LogP contribution is 2.12. The maximum atomic E-state index is 11.1. The molecular weight excluding hydrogens is 196 g/mol. The molecule has 1 heterocycles. The van der Waals surface area contributed by atoms with Crippen LogP contribution in [0.15, 0.2) is 30.0 Å². The molecule has 1 fully saturated rings. The van der Waals surface area contributed by atoms with Crippen LogP contribution in [-0.4, -0.2) is 17.0 Å². The maximum Gasteiger partial charge on any atom is 0.326 e. The van der Waals surface area contributed by atoms with Crippen molar-refractivity contribution in [3.63, 3.8) is 0 Å². The lowest BCUT2D eigenvalue weighted by molar-refractivity contribution is -0.115. The van der Waals surface area contributed by atoms with Crippen molar-refractivity contribution in [3.8, 4) is 5.75 Å². The summed E-state index contributed by atoms with van der Waals surface area (Å²) in [7, 11) is 0. The number of aromatic hydroxyl groups is 1. The molecular formula is C10H8N2O3. The van der Waals surface area contributed by atoms with E-state index in [0.717, 1.165) is 5.56 Å². The highest BCUT2D eigenvalue weighted by Gasteiger charge is 2.22. The molecule has 0 radical (unpaired) electrons. The summed E-state index contributed by atoms with van der Waals surface area (Å²) < 4.78 is 0. The van der Waals surface area contributed by atoms with Gasteiger partial charge in [0, 0.05) is 0 Å². The van der Waals surface area contributed by atoms with Gasteiger partial charge in [-0.05, 0) is 23.8 Å². The van der Waals surface area contributed by atoms with Gasteiger partial charge in [0.15, 0.2) is 0 Å². The molecule has 0 atom stereocenters. The Balaban J connectivity index is 2.27. The third-order valence-electron chi connectivity index (χ3n) is 1.92. The zero-order valence-corrected chi connectivity index (χ0v) is 7.65. The summed E-state index contributed by atoms with van der Waals surface area (Å²) in [5.74, 6) is -0.301. The van der Waals surface area contributed by atoms with Crippen molar-refractivity contribution < 1.29 is 14.7 Å². The average molecular weight is 204 g/mol. The number of nitrogens with one attached hydrogen (secondary N) is 2. The molecule has 1 aliphatic heterocycles. The van der Waals surface area contributed by atoms with Crippen molar-refractivity contribution in [2.75, 3.05) is 0 Å². The lowest BCUT2D eigenvalue weighted by Crippen LogP contribution is -2.22. The van der Waals surface area contributed by atoms with Gasteiger partial charge >= 0.3 is 6.03 Å². The maximum absolute atomic E-state index is 11.1. The first-order chi connectivity index (χ1) is 7.15. The fourth-order valence-corrected chi connectivity index (χ4v) is 1.22. The summed E-state index contributed by atoms with van der Waals surface area (Å²) in [6.45, 7) is 0. The second-order valence-electron chi connectivity index (χ2n) is 3.06. The Morgan fingerprint density at radius 1 is 1.07 bits per heavy atom. The Labute approximate surface area is 85.4 Å². The second-order valence-corrected chi connectivity index (χ2v) is 3.06. The van der Waals surface area contributed by atoms with Crippen molar-refractivity contribution in [1.29, 1.82) is 0 Å². The largest absolute Gasteiger partial charge is 0.508 e. The van der Waals surface area contributed by atoms with Crippen LogP contribution in [0.1, 0.15) is 5.56 Å². The number of carbonyl (C=O) groups is 2. The number of imide groups is 1. The van der Waals surface area contributed by atoms with Gasteiger partial charge in [0.2, 0.25) is 0 Å². The average Bonchev–Trinajstić information content (AvgIpc) is 2.49. The molecule has 0 bridgehead atoms. The van der Waals surface area contributed by atoms with Crippen LogP contribution in [0.4, 0.5) is 4.79 Å². The summed E-state index contributed by atoms with van der Waals surface area (Å²) in [6, 6.07) is 5.76. The van der Waals surface area contributed by atoms with Crippen LogP contribution in [0.3, 0.4) is 0 Å². The Hall–Kier alpha value is -2.30. The summed E-state index contributed by atoms with van der Waals surface area (Å²) in [5, 5.41) is 13.5. The smallest absolute Gasteiger partial charge is 0.326 e. The number of carbonyl (C=O) groups excluding carboxylic acids is 2. The van der Waals surface area contributed by atoms with Gasteiger partial charge in [0.05, 0.1) is 0 Å². The second kappa shape index (κ2) is 3.45. The van der Waals surface area contributed by atoms with Crippen molar-refractivity contribution >= 4 is 18.0 Å². The first kappa shape index (κ1) is 9.26. The number of phenols is 1. The van der Waals surface area contributed by atoms with Gasteiger partial charge in [-0.15, -0.1) is 0 Å². The first-order valence-corrected chi connectivity index (χ1v) is 4.28. The van der Waals surface area contributed by atoms with Crippen LogP contribution in [0.25, 0.3) is 6.08 Å². The highest BCUT2D eigenvalue weighted by molar-refractivity contribution is 6.13. The lowest BCUT2D eigenvalue weighted by Gasteiger charge is -1.96. The molecule has 1 aliphatic rings. The molecule has 0 aromatic heterocycles. The number of hydrogen-bond donors (Lipinski definition) is 3. The molecule has 0 saturated carbocycles. The topological polar surface area (TPSA) is 78.4 Å². The van der Waals surface area contributed by atoms with Crippen LogP contribution in [0.2, 0.25) is 0 Å². The van der Waals surface area contributed by atoms with Gasteiger partial charge in [-0.3, -0.25) is 10.1 Å². The number of phenolic OH excluding ortho intramolecular Hbond substituents is 1. The van der Waals surface area contributed by atoms with E-state index in [4.69, 9.17) is 5.11 Å². The lowest BCUT2D eigenvalue weighted by atomic mass is 10.2. The predicted molar refractivity (Wildman–Crippen MR) is 52.8 cm³/mol. The predicted octanol–water partition coefficient (Wildman–Crippen LogP) is 0.573. The zero-order chi connectivity index (χ0) is 10.8. The fourth-order valence-electron chi connectivity index (χ4n) is 1.22. The van der Waals surface area contributed by atoms with Crippen molar-refractivity contribution in [2.45, 2.75) is 0 Å².